The molecule has 1 aliphatic rings. The van der Waals surface area contributed by atoms with Crippen LogP contribution < -0.4 is 11.3 Å². The van der Waals surface area contributed by atoms with Crippen LogP contribution in [0.4, 0.5) is 5.95 Å². The number of phosphoric acid groups is 1. The molecule has 2 aromatic heterocycles. The summed E-state index contributed by atoms with van der Waals surface area (Å²) in [6.45, 7) is -0.810. The Morgan fingerprint density at radius 1 is 1.42 bits per heavy atom. The number of hydrogen-bond donors (Lipinski definition) is 3. The summed E-state index contributed by atoms with van der Waals surface area (Å²) in [6.07, 6.45) is 0.459. The third-order valence-electron chi connectivity index (χ3n) is 4.54. The van der Waals surface area contributed by atoms with Gasteiger partial charge in [-0.25, -0.2) is 14.4 Å². The van der Waals surface area contributed by atoms with E-state index >= 15 is 0 Å². The van der Waals surface area contributed by atoms with E-state index in [1.165, 1.54) is 13.4 Å². The predicted octanol–water partition coefficient (Wildman–Crippen LogP) is 1.24. The fourth-order valence-corrected chi connectivity index (χ4v) is 4.44. The van der Waals surface area contributed by atoms with Gasteiger partial charge in [0.2, 0.25) is 5.95 Å². The van der Waals surface area contributed by atoms with E-state index in [2.05, 4.69) is 33.7 Å². The molecule has 2 aromatic rings. The molecular weight excluding hydrogens is 551 g/mol. The van der Waals surface area contributed by atoms with Gasteiger partial charge < -0.3 is 19.9 Å². The molecule has 202 valence electrons. The van der Waals surface area contributed by atoms with Crippen molar-refractivity contribution < 1.29 is 56.0 Å². The Labute approximate surface area is 206 Å². The zero-order chi connectivity index (χ0) is 26.1. The first-order valence-electron chi connectivity index (χ1n) is 10.1. The highest BCUT2D eigenvalue weighted by Crippen LogP contribution is 2.43. The fraction of sp³-hybridized carbons (Fsp3) is 0.667. The summed E-state index contributed by atoms with van der Waals surface area (Å²) < 4.78 is 59.6. The van der Waals surface area contributed by atoms with Gasteiger partial charge in [-0.15, -0.1) is 4.52 Å². The largest absolute Gasteiger partial charge is 0.728 e. The van der Waals surface area contributed by atoms with Gasteiger partial charge in [0.15, 0.2) is 20.2 Å². The number of rotatable bonds is 16. The Kier molecular flexibility index (Phi) is 11.2. The van der Waals surface area contributed by atoms with E-state index < -0.39 is 55.7 Å². The summed E-state index contributed by atoms with van der Waals surface area (Å²) in [5.41, 5.74) is 5.55. The lowest BCUT2D eigenvalue weighted by atomic mass is 10.2. The molecule has 0 radical (unpaired) electrons. The molecule has 3 rings (SSSR count). The first kappa shape index (κ1) is 29.1. The van der Waals surface area contributed by atoms with E-state index in [1.54, 1.807) is 4.57 Å². The lowest BCUT2D eigenvalue weighted by molar-refractivity contribution is -0.227. The number of hydrogen-bond acceptors (Lipinski definition) is 15. The summed E-state index contributed by atoms with van der Waals surface area (Å²) in [7, 11) is -5.38. The highest BCUT2D eigenvalue weighted by molar-refractivity contribution is 7.47. The monoisotopic (exact) mass is 576 g/mol. The summed E-state index contributed by atoms with van der Waals surface area (Å²) in [6, 6.07) is 0. The van der Waals surface area contributed by atoms with Crippen molar-refractivity contribution in [3.05, 3.63) is 16.7 Å². The van der Waals surface area contributed by atoms with Crippen molar-refractivity contribution in [3.8, 4) is 0 Å². The van der Waals surface area contributed by atoms with Crippen LogP contribution in [-0.2, 0) is 51.1 Å². The highest BCUT2D eigenvalue weighted by Gasteiger charge is 2.33. The lowest BCUT2D eigenvalue weighted by Gasteiger charge is -2.17. The molecule has 3 heterocycles. The zero-order valence-electron chi connectivity index (χ0n) is 19.0. The number of imidazole rings is 1. The number of nitrogen functional groups attached to an aromatic ring is 1. The lowest BCUT2D eigenvalue weighted by Crippen LogP contribution is -2.23. The third-order valence-corrected chi connectivity index (χ3v) is 6.67. The smallest absolute Gasteiger partial charge is 0.369 e. The van der Waals surface area contributed by atoms with E-state index in [0.717, 1.165) is 7.11 Å². The summed E-state index contributed by atoms with van der Waals surface area (Å²) in [5, 5.41) is 0. The van der Waals surface area contributed by atoms with Gasteiger partial charge in [0.25, 0.3) is 5.56 Å². The van der Waals surface area contributed by atoms with E-state index in [4.69, 9.17) is 28.9 Å². The van der Waals surface area contributed by atoms with Crippen LogP contribution in [0.1, 0.15) is 19.1 Å². The maximum Gasteiger partial charge on any atom is 0.728 e. The SMILES string of the molecule is COOPOCC(COO[P+](=O)OCC1CCC(n2cnc3c(=O)[nH]c(N)nc32)O1)OP(=O)(O)OC. The number of nitrogens with one attached hydrogen (secondary N) is 1. The maximum atomic E-state index is 12.0. The minimum Gasteiger partial charge on any atom is -0.369 e. The number of aromatic nitrogens is 4. The van der Waals surface area contributed by atoms with Crippen molar-refractivity contribution in [3.63, 3.8) is 0 Å². The van der Waals surface area contributed by atoms with Crippen LogP contribution in [0.2, 0.25) is 0 Å². The van der Waals surface area contributed by atoms with Crippen molar-refractivity contribution in [2.75, 3.05) is 39.8 Å². The highest BCUT2D eigenvalue weighted by atomic mass is 31.2. The first-order valence-corrected chi connectivity index (χ1v) is 13.5. The fourth-order valence-electron chi connectivity index (χ4n) is 3.01. The first-order chi connectivity index (χ1) is 17.2. The molecule has 0 aliphatic carbocycles. The topological polar surface area (TPSA) is 227 Å². The number of aromatic amines is 1. The number of nitrogens with zero attached hydrogens (tertiary/aromatic N) is 3. The number of anilines is 1. The minimum atomic E-state index is -4.37. The van der Waals surface area contributed by atoms with Gasteiger partial charge >= 0.3 is 16.1 Å². The molecule has 0 aromatic carbocycles. The molecule has 1 fully saturated rings. The molecule has 6 unspecified atom stereocenters. The van der Waals surface area contributed by atoms with Crippen LogP contribution >= 0.6 is 25.1 Å². The van der Waals surface area contributed by atoms with Gasteiger partial charge in [-0.2, -0.15) is 14.5 Å². The zero-order valence-corrected chi connectivity index (χ0v) is 21.8. The molecule has 18 nitrogen and oxygen atoms in total. The number of phosphoric ester groups is 1. The molecule has 21 heteroatoms. The van der Waals surface area contributed by atoms with Crippen LogP contribution in [-0.4, -0.2) is 70.7 Å². The van der Waals surface area contributed by atoms with Gasteiger partial charge in [-0.05, 0) is 12.8 Å². The van der Waals surface area contributed by atoms with Gasteiger partial charge in [-0.1, -0.05) is 0 Å². The van der Waals surface area contributed by atoms with Gasteiger partial charge in [0.05, 0.1) is 30.8 Å². The molecular formula is C15H25N5O13P3+. The molecule has 1 saturated heterocycles. The Bertz CT molecular complexity index is 1120. The Morgan fingerprint density at radius 2 is 2.22 bits per heavy atom. The summed E-state index contributed by atoms with van der Waals surface area (Å²) in [5.74, 6) is -0.0479. The third kappa shape index (κ3) is 8.53. The molecule has 4 N–H and O–H groups in total. The second-order valence-electron chi connectivity index (χ2n) is 6.97. The van der Waals surface area contributed by atoms with E-state index in [9.17, 15) is 18.8 Å². The van der Waals surface area contributed by atoms with E-state index in [-0.39, 0.29) is 30.3 Å². The Hall–Kier alpha value is -1.49. The van der Waals surface area contributed by atoms with Crippen molar-refractivity contribution in [2.45, 2.75) is 31.3 Å². The molecule has 0 amide bonds. The van der Waals surface area contributed by atoms with Crippen LogP contribution in [0.15, 0.2) is 11.1 Å². The number of H-pyrrole nitrogens is 1. The second-order valence-corrected chi connectivity index (χ2v) is 9.96. The average molecular weight is 576 g/mol. The molecule has 1 aliphatic heterocycles. The van der Waals surface area contributed by atoms with E-state index in [1.807, 2.05) is 0 Å². The van der Waals surface area contributed by atoms with Crippen molar-refractivity contribution in [1.82, 2.24) is 19.5 Å². The summed E-state index contributed by atoms with van der Waals surface area (Å²) >= 11 is 0. The van der Waals surface area contributed by atoms with Crippen molar-refractivity contribution in [2.24, 2.45) is 0 Å². The van der Waals surface area contributed by atoms with Crippen LogP contribution in [0.25, 0.3) is 11.2 Å². The second kappa shape index (κ2) is 13.9. The Balaban J connectivity index is 1.42. The molecule has 36 heavy (non-hydrogen) atoms. The van der Waals surface area contributed by atoms with E-state index in [0.29, 0.717) is 12.8 Å². The van der Waals surface area contributed by atoms with Crippen molar-refractivity contribution >= 4 is 42.2 Å². The minimum absolute atomic E-state index is 0.0479. The van der Waals surface area contributed by atoms with Gasteiger partial charge in [-0.3, -0.25) is 23.4 Å². The predicted molar refractivity (Wildman–Crippen MR) is 120 cm³/mol. The van der Waals surface area contributed by atoms with Crippen LogP contribution in [0, 0.1) is 0 Å². The van der Waals surface area contributed by atoms with Crippen molar-refractivity contribution in [1.29, 1.82) is 0 Å². The molecule has 0 spiro atoms. The summed E-state index contributed by atoms with van der Waals surface area (Å²) in [4.78, 5) is 41.1. The maximum absolute atomic E-state index is 12.0. The standard InChI is InChI=1S/C15H24N5O13P3/c1-25-32-34-28-6-10(31-36(23,24)26-2)5-27-33-35(22)29-7-9-3-4-11(30-9)20-8-17-12-13(20)18-15(16)19-14(12)21/h8-11,34H,3-7H2,1-2H3,(H3-,16,18,19,21,23,24)/p+1. The molecule has 0 saturated carbocycles. The number of ether oxygens (including phenoxy) is 1. The number of nitrogens with two attached hydrogens (primary N) is 1. The normalized spacial score (nSPS) is 21.4. The van der Waals surface area contributed by atoms with Crippen LogP contribution in [0.5, 0.6) is 0 Å². The van der Waals surface area contributed by atoms with Gasteiger partial charge in [0, 0.05) is 11.7 Å². The van der Waals surface area contributed by atoms with Crippen LogP contribution in [0.3, 0.4) is 0 Å². The number of fused-ring (bicyclic) bond motifs is 1. The Morgan fingerprint density at radius 3 is 2.97 bits per heavy atom. The van der Waals surface area contributed by atoms with Gasteiger partial charge in [0.1, 0.15) is 25.5 Å². The quantitative estimate of drug-likeness (QED) is 0.110. The molecule has 0 bridgehead atoms. The molecule has 6 atom stereocenters. The average Bonchev–Trinajstić information content (AvgIpc) is 3.47.